The summed E-state index contributed by atoms with van der Waals surface area (Å²) in [4.78, 5) is 7.76. The van der Waals surface area contributed by atoms with Crippen molar-refractivity contribution in [1.29, 1.82) is 0 Å². The summed E-state index contributed by atoms with van der Waals surface area (Å²) in [5.74, 6) is 0.758. The van der Waals surface area contributed by atoms with Crippen LogP contribution in [0.2, 0.25) is 0 Å². The van der Waals surface area contributed by atoms with Crippen LogP contribution in [0.3, 0.4) is 0 Å². The van der Waals surface area contributed by atoms with Gasteiger partial charge in [-0.05, 0) is 42.8 Å². The monoisotopic (exact) mass is 301 g/mol. The fraction of sp³-hybridized carbons (Fsp3) is 0.0714. The Labute approximate surface area is 113 Å². The number of hydrogen-bond acceptors (Lipinski definition) is 2. The van der Waals surface area contributed by atoms with E-state index in [0.29, 0.717) is 0 Å². The number of nitrogens with one attached hydrogen (secondary N) is 2. The van der Waals surface area contributed by atoms with Gasteiger partial charge in [0.1, 0.15) is 0 Å². The SMILES string of the molecule is Cc1ccc2nc(Nc3cccc(Br)c3)[nH]c2c1. The fourth-order valence-corrected chi connectivity index (χ4v) is 2.28. The zero-order valence-electron chi connectivity index (χ0n) is 9.87. The lowest BCUT2D eigenvalue weighted by Gasteiger charge is -2.02. The highest BCUT2D eigenvalue weighted by Gasteiger charge is 2.03. The normalized spacial score (nSPS) is 10.8. The van der Waals surface area contributed by atoms with Gasteiger partial charge in [0.05, 0.1) is 11.0 Å². The van der Waals surface area contributed by atoms with E-state index in [2.05, 4.69) is 50.3 Å². The molecule has 0 amide bonds. The Morgan fingerprint density at radius 3 is 2.89 bits per heavy atom. The maximum atomic E-state index is 4.50. The van der Waals surface area contributed by atoms with Gasteiger partial charge in [-0.2, -0.15) is 0 Å². The lowest BCUT2D eigenvalue weighted by molar-refractivity contribution is 1.31. The average molecular weight is 302 g/mol. The van der Waals surface area contributed by atoms with Crippen LogP contribution in [0.4, 0.5) is 11.6 Å². The molecular formula is C14H12BrN3. The average Bonchev–Trinajstić information content (AvgIpc) is 2.70. The van der Waals surface area contributed by atoms with Gasteiger partial charge in [0.2, 0.25) is 5.95 Å². The highest BCUT2D eigenvalue weighted by Crippen LogP contribution is 2.21. The molecule has 0 saturated heterocycles. The summed E-state index contributed by atoms with van der Waals surface area (Å²) in [5.41, 5.74) is 4.24. The fourth-order valence-electron chi connectivity index (χ4n) is 1.89. The molecule has 0 saturated carbocycles. The second-order valence-corrected chi connectivity index (χ2v) is 5.16. The Balaban J connectivity index is 1.95. The maximum Gasteiger partial charge on any atom is 0.205 e. The van der Waals surface area contributed by atoms with E-state index < -0.39 is 0 Å². The maximum absolute atomic E-state index is 4.50. The van der Waals surface area contributed by atoms with E-state index in [1.807, 2.05) is 30.3 Å². The van der Waals surface area contributed by atoms with Crippen LogP contribution in [-0.4, -0.2) is 9.97 Å². The van der Waals surface area contributed by atoms with E-state index in [4.69, 9.17) is 0 Å². The number of aryl methyl sites for hydroxylation is 1. The van der Waals surface area contributed by atoms with E-state index in [-0.39, 0.29) is 0 Å². The van der Waals surface area contributed by atoms with E-state index >= 15 is 0 Å². The van der Waals surface area contributed by atoms with Crippen LogP contribution in [-0.2, 0) is 0 Å². The molecule has 18 heavy (non-hydrogen) atoms. The molecule has 90 valence electrons. The second-order valence-electron chi connectivity index (χ2n) is 4.24. The quantitative estimate of drug-likeness (QED) is 0.737. The van der Waals surface area contributed by atoms with E-state index in [1.165, 1.54) is 5.56 Å². The molecule has 0 aliphatic heterocycles. The number of benzene rings is 2. The van der Waals surface area contributed by atoms with Gasteiger partial charge in [-0.1, -0.05) is 28.1 Å². The van der Waals surface area contributed by atoms with Crippen LogP contribution < -0.4 is 5.32 Å². The lowest BCUT2D eigenvalue weighted by Crippen LogP contribution is -1.91. The van der Waals surface area contributed by atoms with Gasteiger partial charge in [0, 0.05) is 10.2 Å². The first-order valence-electron chi connectivity index (χ1n) is 5.70. The minimum absolute atomic E-state index is 0.758. The molecule has 0 spiro atoms. The Morgan fingerprint density at radius 1 is 1.17 bits per heavy atom. The molecule has 2 aromatic carbocycles. The van der Waals surface area contributed by atoms with E-state index in [1.54, 1.807) is 0 Å². The van der Waals surface area contributed by atoms with E-state index in [0.717, 1.165) is 27.1 Å². The summed E-state index contributed by atoms with van der Waals surface area (Å²) in [6, 6.07) is 14.2. The van der Waals surface area contributed by atoms with Crippen molar-refractivity contribution in [2.75, 3.05) is 5.32 Å². The summed E-state index contributed by atoms with van der Waals surface area (Å²) < 4.78 is 1.04. The minimum Gasteiger partial charge on any atom is -0.326 e. The third-order valence-electron chi connectivity index (χ3n) is 2.72. The molecule has 0 aliphatic rings. The highest BCUT2D eigenvalue weighted by atomic mass is 79.9. The minimum atomic E-state index is 0.758. The molecule has 0 unspecified atom stereocenters. The molecule has 4 heteroatoms. The van der Waals surface area contributed by atoms with Gasteiger partial charge < -0.3 is 10.3 Å². The first-order chi connectivity index (χ1) is 8.70. The summed E-state index contributed by atoms with van der Waals surface area (Å²) in [6.45, 7) is 2.07. The van der Waals surface area contributed by atoms with Gasteiger partial charge in [-0.25, -0.2) is 4.98 Å². The highest BCUT2D eigenvalue weighted by molar-refractivity contribution is 9.10. The van der Waals surface area contributed by atoms with Gasteiger partial charge in [0.15, 0.2) is 0 Å². The first-order valence-corrected chi connectivity index (χ1v) is 6.49. The van der Waals surface area contributed by atoms with Crippen LogP contribution in [0.1, 0.15) is 5.56 Å². The summed E-state index contributed by atoms with van der Waals surface area (Å²) in [6.07, 6.45) is 0. The first kappa shape index (κ1) is 11.3. The van der Waals surface area contributed by atoms with Crippen molar-refractivity contribution < 1.29 is 0 Å². The Hall–Kier alpha value is -1.81. The van der Waals surface area contributed by atoms with Crippen LogP contribution in [0.15, 0.2) is 46.9 Å². The lowest BCUT2D eigenvalue weighted by atomic mass is 10.2. The standard InChI is InChI=1S/C14H12BrN3/c1-9-5-6-12-13(7-9)18-14(17-12)16-11-4-2-3-10(15)8-11/h2-8H,1H3,(H2,16,17,18). The Bertz CT molecular complexity index is 703. The van der Waals surface area contributed by atoms with Gasteiger partial charge in [0.25, 0.3) is 0 Å². The molecule has 1 aromatic heterocycles. The molecule has 0 radical (unpaired) electrons. The molecule has 0 aliphatic carbocycles. The van der Waals surface area contributed by atoms with Crippen molar-refractivity contribution in [2.45, 2.75) is 6.92 Å². The number of anilines is 2. The third kappa shape index (κ3) is 2.24. The molecule has 0 bridgehead atoms. The van der Waals surface area contributed by atoms with Crippen LogP contribution in [0.5, 0.6) is 0 Å². The zero-order chi connectivity index (χ0) is 12.5. The number of fused-ring (bicyclic) bond motifs is 1. The molecule has 2 N–H and O–H groups in total. The van der Waals surface area contributed by atoms with Gasteiger partial charge in [-0.3, -0.25) is 0 Å². The number of rotatable bonds is 2. The summed E-state index contributed by atoms with van der Waals surface area (Å²) >= 11 is 3.45. The molecule has 1 heterocycles. The van der Waals surface area contributed by atoms with Crippen molar-refractivity contribution in [2.24, 2.45) is 0 Å². The zero-order valence-corrected chi connectivity index (χ0v) is 11.5. The molecule has 3 rings (SSSR count). The number of aromatic nitrogens is 2. The second kappa shape index (κ2) is 4.46. The van der Waals surface area contributed by atoms with Gasteiger partial charge in [-0.15, -0.1) is 0 Å². The Morgan fingerprint density at radius 2 is 2.06 bits per heavy atom. The smallest absolute Gasteiger partial charge is 0.205 e. The van der Waals surface area contributed by atoms with Crippen LogP contribution in [0.25, 0.3) is 11.0 Å². The number of nitrogens with zero attached hydrogens (tertiary/aromatic N) is 1. The van der Waals surface area contributed by atoms with Crippen molar-refractivity contribution in [3.8, 4) is 0 Å². The van der Waals surface area contributed by atoms with Gasteiger partial charge >= 0.3 is 0 Å². The molecule has 0 atom stereocenters. The Kier molecular flexibility index (Phi) is 2.80. The number of halogens is 1. The van der Waals surface area contributed by atoms with E-state index in [9.17, 15) is 0 Å². The summed E-state index contributed by atoms with van der Waals surface area (Å²) in [5, 5.41) is 3.26. The molecule has 0 fully saturated rings. The number of hydrogen-bond donors (Lipinski definition) is 2. The largest absolute Gasteiger partial charge is 0.326 e. The predicted molar refractivity (Wildman–Crippen MR) is 78.3 cm³/mol. The summed E-state index contributed by atoms with van der Waals surface area (Å²) in [7, 11) is 0. The predicted octanol–water partition coefficient (Wildman–Crippen LogP) is 4.38. The molecule has 3 aromatic rings. The van der Waals surface area contributed by atoms with Crippen LogP contribution >= 0.6 is 15.9 Å². The number of aromatic amines is 1. The van der Waals surface area contributed by atoms with Crippen molar-refractivity contribution >= 4 is 38.6 Å². The van der Waals surface area contributed by atoms with Crippen molar-refractivity contribution in [3.63, 3.8) is 0 Å². The topological polar surface area (TPSA) is 40.7 Å². The van der Waals surface area contributed by atoms with Crippen molar-refractivity contribution in [1.82, 2.24) is 9.97 Å². The third-order valence-corrected chi connectivity index (χ3v) is 3.22. The number of H-pyrrole nitrogens is 1. The molecular weight excluding hydrogens is 290 g/mol. The number of imidazole rings is 1. The van der Waals surface area contributed by atoms with Crippen LogP contribution in [0, 0.1) is 6.92 Å². The molecule has 3 nitrogen and oxygen atoms in total. The van der Waals surface area contributed by atoms with Crippen molar-refractivity contribution in [3.05, 3.63) is 52.5 Å².